The van der Waals surface area contributed by atoms with E-state index in [1.807, 2.05) is 19.1 Å². The molecular weight excluding hydrogens is 226 g/mol. The zero-order chi connectivity index (χ0) is 11.7. The molecule has 2 rings (SSSR count). The Morgan fingerprint density at radius 1 is 1.56 bits per heavy atom. The van der Waals surface area contributed by atoms with E-state index >= 15 is 0 Å². The Kier molecular flexibility index (Phi) is 3.03. The first-order valence-corrected chi connectivity index (χ1v) is 5.53. The fraction of sp³-hybridized carbons (Fsp3) is 0.364. The maximum atomic E-state index is 11.5. The summed E-state index contributed by atoms with van der Waals surface area (Å²) in [5.74, 6) is 0. The molecule has 1 fully saturated rings. The molecule has 16 heavy (non-hydrogen) atoms. The highest BCUT2D eigenvalue weighted by Gasteiger charge is 2.34. The Hall–Kier alpha value is -1.26. The molecule has 0 saturated heterocycles. The highest BCUT2D eigenvalue weighted by molar-refractivity contribution is 6.31. The van der Waals surface area contributed by atoms with Crippen molar-refractivity contribution in [2.45, 2.75) is 25.4 Å². The van der Waals surface area contributed by atoms with Gasteiger partial charge in [-0.25, -0.2) is 4.79 Å². The number of benzene rings is 1. The lowest BCUT2D eigenvalue weighted by Gasteiger charge is -2.07. The van der Waals surface area contributed by atoms with Crippen molar-refractivity contribution in [3.05, 3.63) is 28.8 Å². The molecule has 1 aliphatic carbocycles. The molecule has 2 amide bonds. The van der Waals surface area contributed by atoms with E-state index in [0.29, 0.717) is 10.7 Å². The number of nitrogens with two attached hydrogens (primary N) is 1. The van der Waals surface area contributed by atoms with Crippen LogP contribution in [0.25, 0.3) is 0 Å². The molecule has 0 spiro atoms. The Morgan fingerprint density at radius 3 is 2.81 bits per heavy atom. The lowest BCUT2D eigenvalue weighted by atomic mass is 10.2. The minimum Gasteiger partial charge on any atom is -0.334 e. The average Bonchev–Trinajstić information content (AvgIpc) is 2.88. The predicted octanol–water partition coefficient (Wildman–Crippen LogP) is 1.87. The second kappa shape index (κ2) is 4.31. The van der Waals surface area contributed by atoms with Crippen LogP contribution in [0.4, 0.5) is 10.5 Å². The highest BCUT2D eigenvalue weighted by atomic mass is 35.5. The van der Waals surface area contributed by atoms with Crippen LogP contribution in [0.5, 0.6) is 0 Å². The molecule has 1 aromatic rings. The molecule has 0 aromatic heterocycles. The number of nitrogens with one attached hydrogen (secondary N) is 2. The number of hydrogen-bond acceptors (Lipinski definition) is 2. The average molecular weight is 240 g/mol. The molecule has 0 bridgehead atoms. The second-order valence-corrected chi connectivity index (χ2v) is 4.48. The van der Waals surface area contributed by atoms with Crippen LogP contribution in [0.3, 0.4) is 0 Å². The normalized spacial score (nSPS) is 22.7. The highest BCUT2D eigenvalue weighted by Crippen LogP contribution is 2.21. The molecule has 4 nitrogen and oxygen atoms in total. The van der Waals surface area contributed by atoms with Crippen molar-refractivity contribution < 1.29 is 4.79 Å². The van der Waals surface area contributed by atoms with Crippen molar-refractivity contribution >= 4 is 23.3 Å². The van der Waals surface area contributed by atoms with E-state index in [4.69, 9.17) is 17.3 Å². The summed E-state index contributed by atoms with van der Waals surface area (Å²) in [7, 11) is 0. The van der Waals surface area contributed by atoms with E-state index < -0.39 is 0 Å². The molecule has 0 heterocycles. The molecule has 1 aliphatic rings. The Bertz CT molecular complexity index is 422. The molecule has 0 radical (unpaired) electrons. The summed E-state index contributed by atoms with van der Waals surface area (Å²) >= 11 is 5.95. The van der Waals surface area contributed by atoms with Gasteiger partial charge in [-0.15, -0.1) is 0 Å². The summed E-state index contributed by atoms with van der Waals surface area (Å²) in [5.41, 5.74) is 7.25. The molecule has 86 valence electrons. The van der Waals surface area contributed by atoms with Gasteiger partial charge in [0.25, 0.3) is 0 Å². The number of rotatable bonds is 2. The van der Waals surface area contributed by atoms with Crippen molar-refractivity contribution in [3.63, 3.8) is 0 Å². The van der Waals surface area contributed by atoms with E-state index in [-0.39, 0.29) is 18.1 Å². The second-order valence-electron chi connectivity index (χ2n) is 4.07. The van der Waals surface area contributed by atoms with Gasteiger partial charge in [0.2, 0.25) is 0 Å². The molecule has 2 atom stereocenters. The van der Waals surface area contributed by atoms with Crippen molar-refractivity contribution in [3.8, 4) is 0 Å². The smallest absolute Gasteiger partial charge is 0.319 e. The molecule has 1 aromatic carbocycles. The summed E-state index contributed by atoms with van der Waals surface area (Å²) in [6, 6.07) is 5.38. The van der Waals surface area contributed by atoms with Gasteiger partial charge in [-0.05, 0) is 31.0 Å². The SMILES string of the molecule is Cc1ccc(NC(=O)NC2CC2N)cc1Cl. The third kappa shape index (κ3) is 2.65. The summed E-state index contributed by atoms with van der Waals surface area (Å²) in [5, 5.41) is 6.12. The third-order valence-corrected chi connectivity index (χ3v) is 2.99. The summed E-state index contributed by atoms with van der Waals surface area (Å²) in [6.45, 7) is 1.91. The van der Waals surface area contributed by atoms with Gasteiger partial charge < -0.3 is 16.4 Å². The molecule has 4 N–H and O–H groups in total. The molecular formula is C11H14ClN3O. The maximum Gasteiger partial charge on any atom is 0.319 e. The molecule has 2 unspecified atom stereocenters. The summed E-state index contributed by atoms with van der Waals surface area (Å²) in [4.78, 5) is 11.5. The van der Waals surface area contributed by atoms with Gasteiger partial charge in [-0.1, -0.05) is 17.7 Å². The lowest BCUT2D eigenvalue weighted by Crippen LogP contribution is -2.33. The van der Waals surface area contributed by atoms with Crippen LogP contribution in [0, 0.1) is 6.92 Å². The van der Waals surface area contributed by atoms with Gasteiger partial charge >= 0.3 is 6.03 Å². The maximum absolute atomic E-state index is 11.5. The first-order valence-electron chi connectivity index (χ1n) is 5.15. The fourth-order valence-electron chi connectivity index (χ4n) is 1.39. The monoisotopic (exact) mass is 239 g/mol. The molecule has 1 saturated carbocycles. The zero-order valence-corrected chi connectivity index (χ0v) is 9.71. The Morgan fingerprint density at radius 2 is 2.25 bits per heavy atom. The van der Waals surface area contributed by atoms with Crippen molar-refractivity contribution in [2.75, 3.05) is 5.32 Å². The third-order valence-electron chi connectivity index (χ3n) is 2.59. The van der Waals surface area contributed by atoms with Gasteiger partial charge in [-0.2, -0.15) is 0 Å². The van der Waals surface area contributed by atoms with Crippen LogP contribution >= 0.6 is 11.6 Å². The first kappa shape index (κ1) is 11.2. The van der Waals surface area contributed by atoms with Crippen molar-refractivity contribution in [1.82, 2.24) is 5.32 Å². The van der Waals surface area contributed by atoms with Crippen LogP contribution in [-0.2, 0) is 0 Å². The van der Waals surface area contributed by atoms with E-state index in [9.17, 15) is 4.79 Å². The number of halogens is 1. The number of carbonyl (C=O) groups is 1. The summed E-state index contributed by atoms with van der Waals surface area (Å²) in [6.07, 6.45) is 0.849. The number of urea groups is 1. The van der Waals surface area contributed by atoms with Crippen LogP contribution in [-0.4, -0.2) is 18.1 Å². The van der Waals surface area contributed by atoms with Crippen molar-refractivity contribution in [1.29, 1.82) is 0 Å². The Labute approximate surface area is 99.2 Å². The van der Waals surface area contributed by atoms with E-state index in [1.54, 1.807) is 6.07 Å². The quantitative estimate of drug-likeness (QED) is 0.738. The number of amides is 2. The number of anilines is 1. The first-order chi connectivity index (χ1) is 7.56. The zero-order valence-electron chi connectivity index (χ0n) is 8.96. The standard InChI is InChI=1S/C11H14ClN3O/c1-6-2-3-7(4-8(6)12)14-11(16)15-10-5-9(10)13/h2-4,9-10H,5,13H2,1H3,(H2,14,15,16). The van der Waals surface area contributed by atoms with Gasteiger partial charge in [0, 0.05) is 22.8 Å². The topological polar surface area (TPSA) is 67.2 Å². The fourth-order valence-corrected chi connectivity index (χ4v) is 1.57. The van der Waals surface area contributed by atoms with Gasteiger partial charge in [0.1, 0.15) is 0 Å². The van der Waals surface area contributed by atoms with Crippen LogP contribution in [0.1, 0.15) is 12.0 Å². The predicted molar refractivity (Wildman–Crippen MR) is 64.7 cm³/mol. The van der Waals surface area contributed by atoms with Crippen molar-refractivity contribution in [2.24, 2.45) is 5.73 Å². The van der Waals surface area contributed by atoms with Gasteiger partial charge in [-0.3, -0.25) is 0 Å². The largest absolute Gasteiger partial charge is 0.334 e. The number of carbonyl (C=O) groups excluding carboxylic acids is 1. The van der Waals surface area contributed by atoms with Gasteiger partial charge in [0.15, 0.2) is 0 Å². The van der Waals surface area contributed by atoms with Crippen LogP contribution < -0.4 is 16.4 Å². The van der Waals surface area contributed by atoms with E-state index in [2.05, 4.69) is 10.6 Å². The molecule has 0 aliphatic heterocycles. The minimum atomic E-state index is -0.238. The number of aryl methyl sites for hydroxylation is 1. The van der Waals surface area contributed by atoms with Crippen LogP contribution in [0.2, 0.25) is 5.02 Å². The molecule has 5 heteroatoms. The van der Waals surface area contributed by atoms with E-state index in [0.717, 1.165) is 12.0 Å². The van der Waals surface area contributed by atoms with E-state index in [1.165, 1.54) is 0 Å². The van der Waals surface area contributed by atoms with Crippen LogP contribution in [0.15, 0.2) is 18.2 Å². The van der Waals surface area contributed by atoms with Gasteiger partial charge in [0.05, 0.1) is 0 Å². The summed E-state index contributed by atoms with van der Waals surface area (Å²) < 4.78 is 0. The Balaban J connectivity index is 1.92. The number of hydrogen-bond donors (Lipinski definition) is 3. The lowest BCUT2D eigenvalue weighted by molar-refractivity contribution is 0.251. The minimum absolute atomic E-state index is 0.104.